The van der Waals surface area contributed by atoms with Crippen LogP contribution in [-0.2, 0) is 11.3 Å². The lowest BCUT2D eigenvalue weighted by Gasteiger charge is -2.15. The fourth-order valence-corrected chi connectivity index (χ4v) is 2.64. The summed E-state index contributed by atoms with van der Waals surface area (Å²) in [6.45, 7) is 3.58. The van der Waals surface area contributed by atoms with Crippen LogP contribution in [0.3, 0.4) is 0 Å². The zero-order valence-corrected chi connectivity index (χ0v) is 15.1. The van der Waals surface area contributed by atoms with Crippen molar-refractivity contribution in [3.63, 3.8) is 0 Å². The van der Waals surface area contributed by atoms with Crippen LogP contribution in [0.15, 0.2) is 42.5 Å². The van der Waals surface area contributed by atoms with Crippen molar-refractivity contribution in [3.05, 3.63) is 58.6 Å². The number of quaternary nitrogens is 1. The van der Waals surface area contributed by atoms with E-state index in [0.717, 1.165) is 16.2 Å². The standard InChI is InChI=1S/C19H20ClN3O2/c1-3-25-17-8-4-14(5-9-17)12-23(2)13-19(24)22-18-10-16(20)7-6-15(18)11-21/h4-10H,3,12-13H2,1-2H3,(H,22,24)/p+1. The van der Waals surface area contributed by atoms with Gasteiger partial charge in [0.1, 0.15) is 18.4 Å². The number of nitrogens with one attached hydrogen (secondary N) is 2. The van der Waals surface area contributed by atoms with Crippen LogP contribution in [0.1, 0.15) is 18.1 Å². The quantitative estimate of drug-likeness (QED) is 0.797. The number of carbonyl (C=O) groups excluding carboxylic acids is 1. The number of benzene rings is 2. The second kappa shape index (κ2) is 9.07. The number of nitrogens with zero attached hydrogens (tertiary/aromatic N) is 1. The van der Waals surface area contributed by atoms with Gasteiger partial charge in [-0.2, -0.15) is 5.26 Å². The second-order valence-electron chi connectivity index (χ2n) is 5.74. The molecule has 2 rings (SSSR count). The number of anilines is 1. The van der Waals surface area contributed by atoms with Crippen molar-refractivity contribution in [2.45, 2.75) is 13.5 Å². The van der Waals surface area contributed by atoms with Crippen molar-refractivity contribution in [2.75, 3.05) is 25.5 Å². The third-order valence-corrected chi connectivity index (χ3v) is 3.81. The number of amides is 1. The van der Waals surface area contributed by atoms with Gasteiger partial charge in [-0.15, -0.1) is 0 Å². The first-order valence-electron chi connectivity index (χ1n) is 8.04. The van der Waals surface area contributed by atoms with Gasteiger partial charge in [-0.25, -0.2) is 0 Å². The molecule has 0 saturated heterocycles. The molecule has 2 N–H and O–H groups in total. The molecule has 2 aromatic carbocycles. The van der Waals surface area contributed by atoms with Gasteiger partial charge < -0.3 is 15.0 Å². The van der Waals surface area contributed by atoms with Gasteiger partial charge in [-0.05, 0) is 49.4 Å². The first-order chi connectivity index (χ1) is 12.0. The van der Waals surface area contributed by atoms with Gasteiger partial charge in [0.15, 0.2) is 6.54 Å². The number of hydrogen-bond donors (Lipinski definition) is 2. The third-order valence-electron chi connectivity index (χ3n) is 3.58. The van der Waals surface area contributed by atoms with Crippen LogP contribution < -0.4 is 15.0 Å². The van der Waals surface area contributed by atoms with E-state index in [1.165, 1.54) is 0 Å². The molecule has 130 valence electrons. The molecule has 0 aliphatic heterocycles. The second-order valence-corrected chi connectivity index (χ2v) is 6.17. The lowest BCUT2D eigenvalue weighted by atomic mass is 10.2. The molecule has 1 unspecified atom stereocenters. The van der Waals surface area contributed by atoms with Crippen LogP contribution >= 0.6 is 11.6 Å². The molecule has 0 radical (unpaired) electrons. The molecule has 0 saturated carbocycles. The van der Waals surface area contributed by atoms with Crippen LogP contribution in [0.4, 0.5) is 5.69 Å². The minimum atomic E-state index is -0.165. The fraction of sp³-hybridized carbons (Fsp3) is 0.263. The molecule has 0 spiro atoms. The van der Waals surface area contributed by atoms with Crippen LogP contribution in [0.25, 0.3) is 0 Å². The molecule has 0 heterocycles. The smallest absolute Gasteiger partial charge is 0.279 e. The fourth-order valence-electron chi connectivity index (χ4n) is 2.47. The average molecular weight is 359 g/mol. The predicted octanol–water partition coefficient (Wildman–Crippen LogP) is 2.26. The van der Waals surface area contributed by atoms with Gasteiger partial charge in [0.2, 0.25) is 0 Å². The summed E-state index contributed by atoms with van der Waals surface area (Å²) >= 11 is 5.93. The number of rotatable bonds is 7. The van der Waals surface area contributed by atoms with E-state index in [1.54, 1.807) is 18.2 Å². The minimum Gasteiger partial charge on any atom is -0.494 e. The highest BCUT2D eigenvalue weighted by Gasteiger charge is 2.13. The SMILES string of the molecule is CCOc1ccc(C[NH+](C)CC(=O)Nc2cc(Cl)ccc2C#N)cc1. The summed E-state index contributed by atoms with van der Waals surface area (Å²) in [5.74, 6) is 0.675. The lowest BCUT2D eigenvalue weighted by molar-refractivity contribution is -0.885. The highest BCUT2D eigenvalue weighted by Crippen LogP contribution is 2.20. The number of nitriles is 1. The molecule has 2 aromatic rings. The lowest BCUT2D eigenvalue weighted by Crippen LogP contribution is -3.08. The predicted molar refractivity (Wildman–Crippen MR) is 97.9 cm³/mol. The summed E-state index contributed by atoms with van der Waals surface area (Å²) in [5.41, 5.74) is 1.95. The van der Waals surface area contributed by atoms with E-state index in [-0.39, 0.29) is 12.5 Å². The number of carbonyl (C=O) groups is 1. The first-order valence-corrected chi connectivity index (χ1v) is 8.42. The van der Waals surface area contributed by atoms with E-state index in [1.807, 2.05) is 44.3 Å². The molecule has 25 heavy (non-hydrogen) atoms. The van der Waals surface area contributed by atoms with Gasteiger partial charge in [0.25, 0.3) is 5.91 Å². The van der Waals surface area contributed by atoms with E-state index < -0.39 is 0 Å². The topological polar surface area (TPSA) is 66.6 Å². The summed E-state index contributed by atoms with van der Waals surface area (Å²) in [4.78, 5) is 13.3. The Kier molecular flexibility index (Phi) is 6.81. The molecule has 0 aromatic heterocycles. The summed E-state index contributed by atoms with van der Waals surface area (Å²) in [6.07, 6.45) is 0. The van der Waals surface area contributed by atoms with Crippen LogP contribution in [0, 0.1) is 11.3 Å². The zero-order chi connectivity index (χ0) is 18.2. The molecule has 0 fully saturated rings. The number of hydrogen-bond acceptors (Lipinski definition) is 3. The van der Waals surface area contributed by atoms with Crippen molar-refractivity contribution in [3.8, 4) is 11.8 Å². The Bertz CT molecular complexity index is 769. The van der Waals surface area contributed by atoms with Crippen molar-refractivity contribution in [1.82, 2.24) is 0 Å². The Hall–Kier alpha value is -2.55. The molecule has 1 amide bonds. The van der Waals surface area contributed by atoms with Crippen molar-refractivity contribution in [2.24, 2.45) is 0 Å². The molecular weight excluding hydrogens is 338 g/mol. The first kappa shape index (κ1) is 18.8. The van der Waals surface area contributed by atoms with Gasteiger partial charge in [-0.3, -0.25) is 4.79 Å². The largest absolute Gasteiger partial charge is 0.494 e. The summed E-state index contributed by atoms with van der Waals surface area (Å²) in [6, 6.07) is 14.7. The Morgan fingerprint density at radius 3 is 2.64 bits per heavy atom. The highest BCUT2D eigenvalue weighted by molar-refractivity contribution is 6.31. The number of ether oxygens (including phenoxy) is 1. The normalized spacial score (nSPS) is 11.4. The minimum absolute atomic E-state index is 0.165. The molecule has 5 nitrogen and oxygen atoms in total. The van der Waals surface area contributed by atoms with Gasteiger partial charge in [0.05, 0.1) is 24.9 Å². The van der Waals surface area contributed by atoms with Gasteiger partial charge >= 0.3 is 0 Å². The Balaban J connectivity index is 1.92. The molecule has 0 aliphatic rings. The van der Waals surface area contributed by atoms with Crippen molar-refractivity contribution in [1.29, 1.82) is 5.26 Å². The maximum Gasteiger partial charge on any atom is 0.279 e. The highest BCUT2D eigenvalue weighted by atomic mass is 35.5. The zero-order valence-electron chi connectivity index (χ0n) is 14.3. The Morgan fingerprint density at radius 1 is 1.28 bits per heavy atom. The summed E-state index contributed by atoms with van der Waals surface area (Å²) in [5, 5.41) is 12.3. The van der Waals surface area contributed by atoms with Gasteiger partial charge in [-0.1, -0.05) is 11.6 Å². The van der Waals surface area contributed by atoms with E-state index in [2.05, 4.69) is 5.32 Å². The monoisotopic (exact) mass is 358 g/mol. The molecule has 1 atom stereocenters. The van der Waals surface area contributed by atoms with E-state index >= 15 is 0 Å². The maximum atomic E-state index is 12.2. The molecule has 6 heteroatoms. The van der Waals surface area contributed by atoms with Crippen LogP contribution in [0.2, 0.25) is 5.02 Å². The molecular formula is C19H21ClN3O2+. The number of likely N-dealkylation sites (N-methyl/N-ethyl adjacent to an activating group) is 1. The summed E-state index contributed by atoms with van der Waals surface area (Å²) in [7, 11) is 1.94. The average Bonchev–Trinajstić information content (AvgIpc) is 2.57. The maximum absolute atomic E-state index is 12.2. The molecule has 0 bridgehead atoms. The van der Waals surface area contributed by atoms with Crippen molar-refractivity contribution >= 4 is 23.2 Å². The van der Waals surface area contributed by atoms with Gasteiger partial charge in [0, 0.05) is 10.6 Å². The van der Waals surface area contributed by atoms with E-state index in [0.29, 0.717) is 29.4 Å². The number of halogens is 1. The third kappa shape index (κ3) is 5.79. The summed E-state index contributed by atoms with van der Waals surface area (Å²) < 4.78 is 5.42. The Labute approximate surface area is 152 Å². The van der Waals surface area contributed by atoms with E-state index in [4.69, 9.17) is 21.6 Å². The molecule has 0 aliphatic carbocycles. The van der Waals surface area contributed by atoms with Crippen molar-refractivity contribution < 1.29 is 14.4 Å². The van der Waals surface area contributed by atoms with Crippen LogP contribution in [-0.4, -0.2) is 26.1 Å². The van der Waals surface area contributed by atoms with Crippen LogP contribution in [0.5, 0.6) is 5.75 Å². The Morgan fingerprint density at radius 2 is 2.00 bits per heavy atom. The van der Waals surface area contributed by atoms with E-state index in [9.17, 15) is 4.79 Å².